The van der Waals surface area contributed by atoms with Gasteiger partial charge in [0, 0.05) is 23.4 Å². The first-order valence-corrected chi connectivity index (χ1v) is 6.52. The molecule has 1 aromatic carbocycles. The lowest BCUT2D eigenvalue weighted by atomic mass is 10.1. The number of carbonyl (C=O) groups excluding carboxylic acids is 1. The minimum atomic E-state index is -0.541. The number of nitro benzene ring substituents is 1. The van der Waals surface area contributed by atoms with E-state index >= 15 is 0 Å². The smallest absolute Gasteiger partial charge is 0.284 e. The molecule has 0 saturated carbocycles. The summed E-state index contributed by atoms with van der Waals surface area (Å²) in [6.07, 6.45) is 3.28. The zero-order valence-corrected chi connectivity index (χ0v) is 12.0. The van der Waals surface area contributed by atoms with E-state index in [4.69, 9.17) is 0 Å². The lowest BCUT2D eigenvalue weighted by Gasteiger charge is -2.12. The number of nitro groups is 1. The number of amides is 1. The Kier molecular flexibility index (Phi) is 4.14. The molecule has 0 fully saturated rings. The van der Waals surface area contributed by atoms with Crippen LogP contribution in [0.5, 0.6) is 0 Å². The molecular weight excluding hydrogens is 328 g/mol. The van der Waals surface area contributed by atoms with E-state index in [1.807, 2.05) is 0 Å². The maximum atomic E-state index is 12.1. The first-order valence-electron chi connectivity index (χ1n) is 5.72. The number of H-pyrrole nitrogens is 1. The van der Waals surface area contributed by atoms with Gasteiger partial charge in [-0.15, -0.1) is 0 Å². The normalized spacial score (nSPS) is 11.9. The SMILES string of the molecule is CC(NC(=O)c1ccc(Br)c([N+](=O)[O-])c1)c1cn[nH]c1. The molecule has 2 rings (SSSR count). The number of aromatic amines is 1. The summed E-state index contributed by atoms with van der Waals surface area (Å²) in [7, 11) is 0. The number of hydrogen-bond donors (Lipinski definition) is 2. The number of halogens is 1. The van der Waals surface area contributed by atoms with Gasteiger partial charge >= 0.3 is 0 Å². The van der Waals surface area contributed by atoms with Gasteiger partial charge in [-0.1, -0.05) is 0 Å². The Balaban J connectivity index is 2.17. The van der Waals surface area contributed by atoms with E-state index < -0.39 is 4.92 Å². The van der Waals surface area contributed by atoms with Crippen LogP contribution in [0.2, 0.25) is 0 Å². The number of rotatable bonds is 4. The lowest BCUT2D eigenvalue weighted by molar-refractivity contribution is -0.385. The fourth-order valence-electron chi connectivity index (χ4n) is 1.65. The summed E-state index contributed by atoms with van der Waals surface area (Å²) in [4.78, 5) is 22.4. The molecule has 7 nitrogen and oxygen atoms in total. The van der Waals surface area contributed by atoms with E-state index in [0.717, 1.165) is 5.56 Å². The summed E-state index contributed by atoms with van der Waals surface area (Å²) in [5.74, 6) is -0.380. The molecule has 0 aliphatic heterocycles. The van der Waals surface area contributed by atoms with Crippen molar-refractivity contribution >= 4 is 27.5 Å². The van der Waals surface area contributed by atoms with E-state index in [9.17, 15) is 14.9 Å². The fraction of sp³-hybridized carbons (Fsp3) is 0.167. The van der Waals surface area contributed by atoms with Crippen LogP contribution >= 0.6 is 15.9 Å². The van der Waals surface area contributed by atoms with E-state index in [1.165, 1.54) is 18.2 Å². The summed E-state index contributed by atoms with van der Waals surface area (Å²) in [6.45, 7) is 1.80. The molecule has 8 heteroatoms. The Hall–Kier alpha value is -2.22. The summed E-state index contributed by atoms with van der Waals surface area (Å²) in [6, 6.07) is 4.00. The molecule has 0 saturated heterocycles. The Labute approximate surface area is 122 Å². The van der Waals surface area contributed by atoms with Crippen LogP contribution in [-0.4, -0.2) is 21.0 Å². The minimum absolute atomic E-state index is 0.145. The predicted molar refractivity (Wildman–Crippen MR) is 75.3 cm³/mol. The summed E-state index contributed by atoms with van der Waals surface area (Å²) < 4.78 is 0.335. The van der Waals surface area contributed by atoms with Gasteiger partial charge in [-0.05, 0) is 35.0 Å². The van der Waals surface area contributed by atoms with Gasteiger partial charge in [0.25, 0.3) is 11.6 Å². The number of hydrogen-bond acceptors (Lipinski definition) is 4. The van der Waals surface area contributed by atoms with Gasteiger partial charge < -0.3 is 5.32 Å². The molecule has 0 radical (unpaired) electrons. The molecule has 2 N–H and O–H groups in total. The topological polar surface area (TPSA) is 101 Å². The Morgan fingerprint density at radius 3 is 2.90 bits per heavy atom. The molecule has 0 aliphatic rings. The number of carbonyl (C=O) groups is 1. The van der Waals surface area contributed by atoms with Crippen LogP contribution in [0.3, 0.4) is 0 Å². The summed E-state index contributed by atoms with van der Waals surface area (Å²) in [5.41, 5.74) is 0.911. The third kappa shape index (κ3) is 3.02. The number of nitrogens with zero attached hydrogens (tertiary/aromatic N) is 2. The third-order valence-corrected chi connectivity index (χ3v) is 3.44. The molecule has 1 aromatic heterocycles. The molecule has 1 heterocycles. The van der Waals surface area contributed by atoms with Gasteiger partial charge in [0.1, 0.15) is 0 Å². The van der Waals surface area contributed by atoms with Gasteiger partial charge in [-0.3, -0.25) is 20.0 Å². The maximum Gasteiger partial charge on any atom is 0.284 e. The molecule has 0 aliphatic carbocycles. The minimum Gasteiger partial charge on any atom is -0.345 e. The Bertz CT molecular complexity index is 642. The quantitative estimate of drug-likeness (QED) is 0.660. The molecule has 0 bridgehead atoms. The van der Waals surface area contributed by atoms with Crippen LogP contribution in [0.15, 0.2) is 35.1 Å². The van der Waals surface area contributed by atoms with Gasteiger partial charge in [0.15, 0.2) is 0 Å². The second-order valence-corrected chi connectivity index (χ2v) is 5.00. The average Bonchev–Trinajstić information content (AvgIpc) is 2.92. The Morgan fingerprint density at radius 1 is 1.55 bits per heavy atom. The van der Waals surface area contributed by atoms with Crippen LogP contribution in [-0.2, 0) is 0 Å². The maximum absolute atomic E-state index is 12.1. The number of aromatic nitrogens is 2. The van der Waals surface area contributed by atoms with E-state index in [-0.39, 0.29) is 23.2 Å². The standard InChI is InChI=1S/C12H11BrN4O3/c1-7(9-5-14-15-6-9)16-12(18)8-2-3-10(13)11(4-8)17(19)20/h2-7H,1H3,(H,14,15)(H,16,18). The second kappa shape index (κ2) is 5.83. The van der Waals surface area contributed by atoms with Crippen molar-refractivity contribution in [3.8, 4) is 0 Å². The summed E-state index contributed by atoms with van der Waals surface area (Å²) >= 11 is 3.08. The highest BCUT2D eigenvalue weighted by Gasteiger charge is 2.17. The molecule has 0 spiro atoms. The van der Waals surface area contributed by atoms with E-state index in [0.29, 0.717) is 4.47 Å². The number of benzene rings is 1. The zero-order valence-electron chi connectivity index (χ0n) is 10.5. The van der Waals surface area contributed by atoms with E-state index in [2.05, 4.69) is 31.4 Å². The van der Waals surface area contributed by atoms with Gasteiger partial charge in [-0.2, -0.15) is 5.10 Å². The lowest BCUT2D eigenvalue weighted by Crippen LogP contribution is -2.26. The first kappa shape index (κ1) is 14.2. The fourth-order valence-corrected chi connectivity index (χ4v) is 2.05. The number of nitrogens with one attached hydrogen (secondary N) is 2. The highest BCUT2D eigenvalue weighted by molar-refractivity contribution is 9.10. The van der Waals surface area contributed by atoms with Crippen LogP contribution in [0.4, 0.5) is 5.69 Å². The van der Waals surface area contributed by atoms with Crippen LogP contribution in [0.1, 0.15) is 28.9 Å². The van der Waals surface area contributed by atoms with Crippen molar-refractivity contribution in [1.82, 2.24) is 15.5 Å². The van der Waals surface area contributed by atoms with Crippen molar-refractivity contribution in [2.45, 2.75) is 13.0 Å². The van der Waals surface area contributed by atoms with Crippen LogP contribution in [0, 0.1) is 10.1 Å². The van der Waals surface area contributed by atoms with Crippen molar-refractivity contribution in [2.75, 3.05) is 0 Å². The van der Waals surface area contributed by atoms with Gasteiger partial charge in [-0.25, -0.2) is 0 Å². The molecule has 1 atom stereocenters. The highest BCUT2D eigenvalue weighted by atomic mass is 79.9. The highest BCUT2D eigenvalue weighted by Crippen LogP contribution is 2.25. The van der Waals surface area contributed by atoms with E-state index in [1.54, 1.807) is 19.3 Å². The molecule has 20 heavy (non-hydrogen) atoms. The summed E-state index contributed by atoms with van der Waals surface area (Å²) in [5, 5.41) is 20.0. The molecule has 2 aromatic rings. The monoisotopic (exact) mass is 338 g/mol. The van der Waals surface area contributed by atoms with Crippen molar-refractivity contribution in [3.05, 3.63) is 56.3 Å². The van der Waals surface area contributed by atoms with Crippen molar-refractivity contribution in [2.24, 2.45) is 0 Å². The largest absolute Gasteiger partial charge is 0.345 e. The van der Waals surface area contributed by atoms with Gasteiger partial charge in [0.2, 0.25) is 0 Å². The predicted octanol–water partition coefficient (Wildman–Crippen LogP) is 2.57. The average molecular weight is 339 g/mol. The van der Waals surface area contributed by atoms with Crippen molar-refractivity contribution in [1.29, 1.82) is 0 Å². The third-order valence-electron chi connectivity index (χ3n) is 2.77. The van der Waals surface area contributed by atoms with Gasteiger partial charge in [0.05, 0.1) is 21.6 Å². The first-order chi connectivity index (χ1) is 9.49. The Morgan fingerprint density at radius 2 is 2.30 bits per heavy atom. The van der Waals surface area contributed by atoms with Crippen LogP contribution in [0.25, 0.3) is 0 Å². The van der Waals surface area contributed by atoms with Crippen molar-refractivity contribution < 1.29 is 9.72 Å². The molecule has 1 amide bonds. The zero-order chi connectivity index (χ0) is 14.7. The van der Waals surface area contributed by atoms with Crippen molar-refractivity contribution in [3.63, 3.8) is 0 Å². The molecule has 104 valence electrons. The van der Waals surface area contributed by atoms with Crippen LogP contribution < -0.4 is 5.32 Å². The molecular formula is C12H11BrN4O3. The second-order valence-electron chi connectivity index (χ2n) is 4.15. The molecule has 1 unspecified atom stereocenters.